The van der Waals surface area contributed by atoms with Gasteiger partial charge in [0.1, 0.15) is 0 Å². The van der Waals surface area contributed by atoms with Gasteiger partial charge in [-0.15, -0.1) is 11.3 Å². The van der Waals surface area contributed by atoms with Crippen LogP contribution in [-0.4, -0.2) is 16.5 Å². The highest BCUT2D eigenvalue weighted by Gasteiger charge is 2.13. The predicted molar refractivity (Wildman–Crippen MR) is 95.3 cm³/mol. The zero-order valence-corrected chi connectivity index (χ0v) is 14.5. The van der Waals surface area contributed by atoms with Crippen molar-refractivity contribution in [1.82, 2.24) is 4.98 Å². The summed E-state index contributed by atoms with van der Waals surface area (Å²) in [5.74, 6) is 0.605. The second-order valence-electron chi connectivity index (χ2n) is 5.41. The summed E-state index contributed by atoms with van der Waals surface area (Å²) in [6.45, 7) is 6.13. The van der Waals surface area contributed by atoms with Crippen LogP contribution in [0, 0.1) is 20.8 Å². The summed E-state index contributed by atoms with van der Waals surface area (Å²) in [5, 5.41) is 0. The van der Waals surface area contributed by atoms with Crippen molar-refractivity contribution >= 4 is 39.1 Å². The van der Waals surface area contributed by atoms with E-state index in [-0.39, 0.29) is 5.78 Å². The fraction of sp³-hybridized carbons (Fsp3) is 0.222. The third kappa shape index (κ3) is 3.08. The number of nitrogens with zero attached hydrogens (tertiary/aromatic N) is 1. The molecule has 0 aliphatic carbocycles. The number of aromatic nitrogens is 1. The summed E-state index contributed by atoms with van der Waals surface area (Å²) in [5.41, 5.74) is 5.28. The van der Waals surface area contributed by atoms with Crippen molar-refractivity contribution in [3.63, 3.8) is 0 Å². The van der Waals surface area contributed by atoms with Crippen LogP contribution < -0.4 is 0 Å². The van der Waals surface area contributed by atoms with E-state index in [0.29, 0.717) is 5.75 Å². The Kier molecular flexibility index (Phi) is 4.32. The van der Waals surface area contributed by atoms with Gasteiger partial charge < -0.3 is 0 Å². The van der Waals surface area contributed by atoms with E-state index in [4.69, 9.17) is 0 Å². The van der Waals surface area contributed by atoms with E-state index in [1.54, 1.807) is 11.3 Å². The van der Waals surface area contributed by atoms with Crippen LogP contribution in [0.3, 0.4) is 0 Å². The summed E-state index contributed by atoms with van der Waals surface area (Å²) in [4.78, 5) is 17.0. The molecule has 0 spiro atoms. The summed E-state index contributed by atoms with van der Waals surface area (Å²) >= 11 is 3.17. The van der Waals surface area contributed by atoms with Gasteiger partial charge in [-0.1, -0.05) is 30.0 Å². The van der Waals surface area contributed by atoms with Crippen LogP contribution in [0.25, 0.3) is 10.2 Å². The Morgan fingerprint density at radius 1 is 1.09 bits per heavy atom. The number of thiazole rings is 1. The third-order valence-electron chi connectivity index (χ3n) is 3.74. The molecule has 3 aromatic rings. The van der Waals surface area contributed by atoms with Crippen LogP contribution in [0.2, 0.25) is 0 Å². The van der Waals surface area contributed by atoms with E-state index >= 15 is 0 Å². The fourth-order valence-electron chi connectivity index (χ4n) is 2.38. The normalized spacial score (nSPS) is 11.0. The van der Waals surface area contributed by atoms with Gasteiger partial charge in [0, 0.05) is 5.56 Å². The monoisotopic (exact) mass is 327 g/mol. The number of carbonyl (C=O) groups is 1. The minimum absolute atomic E-state index is 0.171. The number of hydrogen-bond donors (Lipinski definition) is 0. The van der Waals surface area contributed by atoms with Gasteiger partial charge in [-0.25, -0.2) is 4.98 Å². The maximum atomic E-state index is 12.5. The lowest BCUT2D eigenvalue weighted by Crippen LogP contribution is -2.06. The highest BCUT2D eigenvalue weighted by atomic mass is 32.2. The Bertz CT molecular complexity index is 818. The summed E-state index contributed by atoms with van der Waals surface area (Å²) in [6, 6.07) is 12.2. The lowest BCUT2D eigenvalue weighted by atomic mass is 9.99. The van der Waals surface area contributed by atoms with Crippen molar-refractivity contribution in [2.45, 2.75) is 25.1 Å². The smallest absolute Gasteiger partial charge is 0.173 e. The molecule has 0 atom stereocenters. The molecule has 0 amide bonds. The number of ketones is 1. The Labute approximate surface area is 138 Å². The molecule has 0 saturated carbocycles. The largest absolute Gasteiger partial charge is 0.293 e. The predicted octanol–water partition coefficient (Wildman–Crippen LogP) is 5.20. The number of thioether (sulfide) groups is 1. The first-order valence-corrected chi connectivity index (χ1v) is 8.94. The maximum absolute atomic E-state index is 12.5. The average molecular weight is 327 g/mol. The number of aryl methyl sites for hydroxylation is 3. The molecule has 2 aromatic carbocycles. The molecule has 0 fully saturated rings. The lowest BCUT2D eigenvalue weighted by Gasteiger charge is -2.08. The zero-order valence-electron chi connectivity index (χ0n) is 12.8. The van der Waals surface area contributed by atoms with Gasteiger partial charge in [0.15, 0.2) is 10.1 Å². The quantitative estimate of drug-likeness (QED) is 0.487. The first-order chi connectivity index (χ1) is 10.5. The molecule has 3 rings (SSSR count). The minimum Gasteiger partial charge on any atom is -0.293 e. The average Bonchev–Trinajstić information content (AvgIpc) is 2.91. The molecule has 0 saturated heterocycles. The van der Waals surface area contributed by atoms with Crippen LogP contribution in [0.1, 0.15) is 27.0 Å². The second-order valence-corrected chi connectivity index (χ2v) is 7.66. The Morgan fingerprint density at radius 2 is 1.82 bits per heavy atom. The fourth-order valence-corrected chi connectivity index (χ4v) is 4.33. The van der Waals surface area contributed by atoms with Crippen molar-refractivity contribution in [1.29, 1.82) is 0 Å². The number of rotatable bonds is 4. The second kappa shape index (κ2) is 6.23. The SMILES string of the molecule is Cc1cc(C)c(C(=O)CSc2nc3ccccc3s2)cc1C. The first kappa shape index (κ1) is 15.3. The molecule has 22 heavy (non-hydrogen) atoms. The molecule has 0 bridgehead atoms. The van der Waals surface area contributed by atoms with E-state index in [9.17, 15) is 4.79 Å². The van der Waals surface area contributed by atoms with Gasteiger partial charge in [0.05, 0.1) is 16.0 Å². The highest BCUT2D eigenvalue weighted by Crippen LogP contribution is 2.30. The number of hydrogen-bond acceptors (Lipinski definition) is 4. The molecule has 0 aliphatic heterocycles. The number of Topliss-reactive ketones (excluding diaryl/α,β-unsaturated/α-hetero) is 1. The topological polar surface area (TPSA) is 30.0 Å². The highest BCUT2D eigenvalue weighted by molar-refractivity contribution is 8.01. The summed E-state index contributed by atoms with van der Waals surface area (Å²) < 4.78 is 2.12. The summed E-state index contributed by atoms with van der Waals surface area (Å²) in [6.07, 6.45) is 0. The zero-order chi connectivity index (χ0) is 15.7. The van der Waals surface area contributed by atoms with E-state index in [1.807, 2.05) is 38.1 Å². The molecule has 0 radical (unpaired) electrons. The van der Waals surface area contributed by atoms with Gasteiger partial charge in [-0.05, 0) is 55.7 Å². The Balaban J connectivity index is 1.76. The lowest BCUT2D eigenvalue weighted by molar-refractivity contribution is 0.102. The molecule has 112 valence electrons. The standard InChI is InChI=1S/C18H17NOS2/c1-11-8-13(3)14(9-12(11)2)16(20)10-21-18-19-15-6-4-5-7-17(15)22-18/h4-9H,10H2,1-3H3. The van der Waals surface area contributed by atoms with Crippen molar-refractivity contribution in [3.8, 4) is 0 Å². The van der Waals surface area contributed by atoms with Crippen molar-refractivity contribution < 1.29 is 4.79 Å². The van der Waals surface area contributed by atoms with E-state index in [1.165, 1.54) is 27.6 Å². The van der Waals surface area contributed by atoms with E-state index < -0.39 is 0 Å². The number of benzene rings is 2. The molecule has 4 heteroatoms. The van der Waals surface area contributed by atoms with Crippen LogP contribution in [0.4, 0.5) is 0 Å². The molecule has 2 nitrogen and oxygen atoms in total. The van der Waals surface area contributed by atoms with Crippen molar-refractivity contribution in [2.75, 3.05) is 5.75 Å². The van der Waals surface area contributed by atoms with Gasteiger partial charge in [0.2, 0.25) is 0 Å². The molecule has 0 unspecified atom stereocenters. The first-order valence-electron chi connectivity index (χ1n) is 7.14. The van der Waals surface area contributed by atoms with Crippen molar-refractivity contribution in [3.05, 3.63) is 58.7 Å². The van der Waals surface area contributed by atoms with Gasteiger partial charge in [0.25, 0.3) is 0 Å². The summed E-state index contributed by atoms with van der Waals surface area (Å²) in [7, 11) is 0. The molecule has 1 heterocycles. The van der Waals surface area contributed by atoms with Crippen LogP contribution in [0.15, 0.2) is 40.7 Å². The third-order valence-corrected chi connectivity index (χ3v) is 5.92. The number of carbonyl (C=O) groups excluding carboxylic acids is 1. The molecule has 0 aliphatic rings. The van der Waals surface area contributed by atoms with Crippen molar-refractivity contribution in [2.24, 2.45) is 0 Å². The Morgan fingerprint density at radius 3 is 2.59 bits per heavy atom. The number of para-hydroxylation sites is 1. The molecule has 1 aromatic heterocycles. The maximum Gasteiger partial charge on any atom is 0.173 e. The van der Waals surface area contributed by atoms with Gasteiger partial charge in [-0.3, -0.25) is 4.79 Å². The number of fused-ring (bicyclic) bond motifs is 1. The molecule has 0 N–H and O–H groups in total. The van der Waals surface area contributed by atoms with Gasteiger partial charge in [-0.2, -0.15) is 0 Å². The van der Waals surface area contributed by atoms with E-state index in [2.05, 4.69) is 24.0 Å². The van der Waals surface area contributed by atoms with Crippen LogP contribution in [0.5, 0.6) is 0 Å². The van der Waals surface area contributed by atoms with E-state index in [0.717, 1.165) is 21.0 Å². The molecular weight excluding hydrogens is 310 g/mol. The van der Waals surface area contributed by atoms with Crippen LogP contribution >= 0.6 is 23.1 Å². The Hall–Kier alpha value is -1.65. The molecular formula is C18H17NOS2. The minimum atomic E-state index is 0.171. The van der Waals surface area contributed by atoms with Crippen LogP contribution in [-0.2, 0) is 0 Å². The van der Waals surface area contributed by atoms with Gasteiger partial charge >= 0.3 is 0 Å².